The van der Waals surface area contributed by atoms with Gasteiger partial charge in [-0.3, -0.25) is 4.79 Å². The van der Waals surface area contributed by atoms with Gasteiger partial charge >= 0.3 is 5.97 Å². The Morgan fingerprint density at radius 1 is 0.955 bits per heavy atom. The topological polar surface area (TPSA) is 54.4 Å². The van der Waals surface area contributed by atoms with Crippen LogP contribution in [0, 0.1) is 0 Å². The molecule has 0 amide bonds. The van der Waals surface area contributed by atoms with Gasteiger partial charge in [-0.15, -0.1) is 0 Å². The number of carboxylic acid groups (broad SMARTS) is 1. The number of aliphatic carboxylic acids is 1. The number of rotatable bonds is 6. The van der Waals surface area contributed by atoms with Gasteiger partial charge in [-0.1, -0.05) is 54.6 Å². The summed E-state index contributed by atoms with van der Waals surface area (Å²) in [5.74, 6) is -1.29. The van der Waals surface area contributed by atoms with Gasteiger partial charge in [-0.2, -0.15) is 0 Å². The van der Waals surface area contributed by atoms with Gasteiger partial charge in [-0.25, -0.2) is 4.79 Å². The van der Waals surface area contributed by atoms with Crippen LogP contribution in [0.15, 0.2) is 60.7 Å². The molecule has 0 saturated heterocycles. The number of carbonyl (C=O) groups excluding carboxylic acids is 1. The van der Waals surface area contributed by atoms with E-state index in [1.807, 2.05) is 48.5 Å². The maximum Gasteiger partial charge on any atom is 0.331 e. The summed E-state index contributed by atoms with van der Waals surface area (Å²) in [6, 6.07) is 15.1. The second kappa shape index (κ2) is 7.05. The molecule has 0 atom stereocenters. The van der Waals surface area contributed by atoms with Crippen LogP contribution in [0.5, 0.6) is 0 Å². The first-order chi connectivity index (χ1) is 10.5. The Kier molecular flexibility index (Phi) is 5.12. The molecule has 2 aromatic carbocycles. The van der Waals surface area contributed by atoms with Crippen LogP contribution in [0.4, 0.5) is 0 Å². The average molecular weight is 315 g/mol. The third-order valence-corrected chi connectivity index (χ3v) is 3.50. The number of hydrogen-bond acceptors (Lipinski definition) is 2. The van der Waals surface area contributed by atoms with Crippen LogP contribution < -0.4 is 0 Å². The van der Waals surface area contributed by atoms with Gasteiger partial charge in [0, 0.05) is 23.4 Å². The fourth-order valence-electron chi connectivity index (χ4n) is 2.06. The molecule has 0 radical (unpaired) electrons. The first kappa shape index (κ1) is 16.0. The lowest BCUT2D eigenvalue weighted by atomic mass is 10.00. The molecule has 0 spiro atoms. The molecule has 2 aromatic rings. The minimum Gasteiger partial charge on any atom is -0.478 e. The SMILES string of the molecule is C=C(CC(=O)Cc1ccc(-c2ccc(Cl)cc2)cc1)C(=O)O. The molecule has 4 heteroatoms. The predicted octanol–water partition coefficient (Wildman–Crippen LogP) is 4.15. The van der Waals surface area contributed by atoms with Gasteiger partial charge in [0.15, 0.2) is 0 Å². The van der Waals surface area contributed by atoms with Crippen molar-refractivity contribution in [2.45, 2.75) is 12.8 Å². The van der Waals surface area contributed by atoms with E-state index in [0.29, 0.717) is 5.02 Å². The lowest BCUT2D eigenvalue weighted by Gasteiger charge is -2.05. The average Bonchev–Trinajstić information content (AvgIpc) is 2.48. The van der Waals surface area contributed by atoms with Gasteiger partial charge < -0.3 is 5.11 Å². The third-order valence-electron chi connectivity index (χ3n) is 3.25. The van der Waals surface area contributed by atoms with Crippen molar-refractivity contribution in [1.29, 1.82) is 0 Å². The van der Waals surface area contributed by atoms with E-state index in [1.165, 1.54) is 0 Å². The van der Waals surface area contributed by atoms with Crippen LogP contribution in [-0.2, 0) is 16.0 Å². The van der Waals surface area contributed by atoms with Gasteiger partial charge in [-0.05, 0) is 28.8 Å². The fourth-order valence-corrected chi connectivity index (χ4v) is 2.19. The van der Waals surface area contributed by atoms with E-state index in [1.54, 1.807) is 0 Å². The molecule has 0 aliphatic carbocycles. The van der Waals surface area contributed by atoms with E-state index in [9.17, 15) is 9.59 Å². The zero-order valence-corrected chi connectivity index (χ0v) is 12.6. The standard InChI is InChI=1S/C18H15ClO3/c1-12(18(21)22)10-17(20)11-13-2-4-14(5-3-13)15-6-8-16(19)9-7-15/h2-9H,1,10-11H2,(H,21,22). The van der Waals surface area contributed by atoms with E-state index in [-0.39, 0.29) is 24.2 Å². The Labute approximate surface area is 133 Å². The molecule has 0 fully saturated rings. The van der Waals surface area contributed by atoms with Crippen LogP contribution in [-0.4, -0.2) is 16.9 Å². The highest BCUT2D eigenvalue weighted by molar-refractivity contribution is 6.30. The van der Waals surface area contributed by atoms with Gasteiger partial charge in [0.2, 0.25) is 0 Å². The number of carbonyl (C=O) groups is 2. The Morgan fingerprint density at radius 2 is 1.45 bits per heavy atom. The van der Waals surface area contributed by atoms with Gasteiger partial charge in [0.25, 0.3) is 0 Å². The summed E-state index contributed by atoms with van der Waals surface area (Å²) in [6.07, 6.45) is 0.0709. The maximum absolute atomic E-state index is 11.8. The maximum atomic E-state index is 11.8. The van der Waals surface area contributed by atoms with Crippen molar-refractivity contribution in [3.63, 3.8) is 0 Å². The zero-order valence-electron chi connectivity index (χ0n) is 11.9. The highest BCUT2D eigenvalue weighted by Gasteiger charge is 2.11. The van der Waals surface area contributed by atoms with Crippen LogP contribution in [0.2, 0.25) is 5.02 Å². The Morgan fingerprint density at radius 3 is 1.95 bits per heavy atom. The van der Waals surface area contributed by atoms with Crippen molar-refractivity contribution in [1.82, 2.24) is 0 Å². The van der Waals surface area contributed by atoms with E-state index < -0.39 is 5.97 Å². The lowest BCUT2D eigenvalue weighted by Crippen LogP contribution is -2.08. The second-order valence-corrected chi connectivity index (χ2v) is 5.44. The summed E-state index contributed by atoms with van der Waals surface area (Å²) in [5, 5.41) is 9.40. The normalized spacial score (nSPS) is 10.2. The molecule has 0 aliphatic heterocycles. The van der Waals surface area contributed by atoms with Crippen molar-refractivity contribution in [3.8, 4) is 11.1 Å². The number of Topliss-reactive ketones (excluding diaryl/α,β-unsaturated/α-hetero) is 1. The van der Waals surface area contributed by atoms with Crippen molar-refractivity contribution in [2.75, 3.05) is 0 Å². The number of benzene rings is 2. The van der Waals surface area contributed by atoms with Crippen LogP contribution >= 0.6 is 11.6 Å². The van der Waals surface area contributed by atoms with Crippen molar-refractivity contribution >= 4 is 23.4 Å². The Bertz CT molecular complexity index is 700. The van der Waals surface area contributed by atoms with Gasteiger partial charge in [0.1, 0.15) is 5.78 Å². The van der Waals surface area contributed by atoms with E-state index in [4.69, 9.17) is 16.7 Å². The van der Waals surface area contributed by atoms with Gasteiger partial charge in [0.05, 0.1) is 0 Å². The molecular formula is C18H15ClO3. The third kappa shape index (κ3) is 4.30. The van der Waals surface area contributed by atoms with E-state index >= 15 is 0 Å². The summed E-state index contributed by atoms with van der Waals surface area (Å²) < 4.78 is 0. The molecule has 3 nitrogen and oxygen atoms in total. The quantitative estimate of drug-likeness (QED) is 0.815. The van der Waals surface area contributed by atoms with Crippen LogP contribution in [0.3, 0.4) is 0 Å². The molecule has 112 valence electrons. The van der Waals surface area contributed by atoms with Crippen molar-refractivity contribution in [3.05, 3.63) is 71.3 Å². The number of carboxylic acids is 1. The van der Waals surface area contributed by atoms with E-state index in [0.717, 1.165) is 16.7 Å². The lowest BCUT2D eigenvalue weighted by molar-refractivity contribution is -0.133. The molecule has 0 heterocycles. The molecule has 1 N–H and O–H groups in total. The molecule has 0 unspecified atom stereocenters. The summed E-state index contributed by atoms with van der Waals surface area (Å²) in [6.45, 7) is 3.37. The summed E-state index contributed by atoms with van der Waals surface area (Å²) in [7, 11) is 0. The smallest absolute Gasteiger partial charge is 0.331 e. The Hall–Kier alpha value is -2.39. The number of hydrogen-bond donors (Lipinski definition) is 1. The molecule has 2 rings (SSSR count). The largest absolute Gasteiger partial charge is 0.478 e. The summed E-state index contributed by atoms with van der Waals surface area (Å²) in [4.78, 5) is 22.4. The molecule has 22 heavy (non-hydrogen) atoms. The monoisotopic (exact) mass is 314 g/mol. The first-order valence-electron chi connectivity index (χ1n) is 6.73. The first-order valence-corrected chi connectivity index (χ1v) is 7.11. The molecule has 0 bridgehead atoms. The molecular weight excluding hydrogens is 300 g/mol. The number of ketones is 1. The minimum atomic E-state index is -1.13. The molecule has 0 saturated carbocycles. The molecule has 0 aliphatic rings. The van der Waals surface area contributed by atoms with Crippen molar-refractivity contribution < 1.29 is 14.7 Å². The van der Waals surface area contributed by atoms with Crippen LogP contribution in [0.25, 0.3) is 11.1 Å². The highest BCUT2D eigenvalue weighted by Crippen LogP contribution is 2.22. The van der Waals surface area contributed by atoms with Crippen LogP contribution in [0.1, 0.15) is 12.0 Å². The molecule has 0 aromatic heterocycles. The number of halogens is 1. The fraction of sp³-hybridized carbons (Fsp3) is 0.111. The zero-order chi connectivity index (χ0) is 16.1. The summed E-state index contributed by atoms with van der Waals surface area (Å²) >= 11 is 5.86. The second-order valence-electron chi connectivity index (χ2n) is 5.00. The minimum absolute atomic E-state index is 0.0808. The van der Waals surface area contributed by atoms with E-state index in [2.05, 4.69) is 6.58 Å². The predicted molar refractivity (Wildman–Crippen MR) is 87.0 cm³/mol. The highest BCUT2D eigenvalue weighted by atomic mass is 35.5. The van der Waals surface area contributed by atoms with Crippen molar-refractivity contribution in [2.24, 2.45) is 0 Å². The summed E-state index contributed by atoms with van der Waals surface area (Å²) in [5.41, 5.74) is 2.84. The Balaban J connectivity index is 2.03.